The van der Waals surface area contributed by atoms with Crippen molar-refractivity contribution in [3.8, 4) is 17.2 Å². The van der Waals surface area contributed by atoms with Crippen LogP contribution in [0, 0.1) is 0 Å². The number of nitrogens with one attached hydrogen (secondary N) is 2. The van der Waals surface area contributed by atoms with Crippen molar-refractivity contribution in [1.29, 1.82) is 0 Å². The molecule has 0 bridgehead atoms. The van der Waals surface area contributed by atoms with Gasteiger partial charge in [0.2, 0.25) is 5.75 Å². The molecule has 0 aliphatic rings. The first-order valence-electron chi connectivity index (χ1n) is 8.04. The summed E-state index contributed by atoms with van der Waals surface area (Å²) in [4.78, 5) is 15.6. The van der Waals surface area contributed by atoms with Crippen molar-refractivity contribution >= 4 is 23.1 Å². The van der Waals surface area contributed by atoms with E-state index in [1.807, 2.05) is 25.5 Å². The van der Waals surface area contributed by atoms with Gasteiger partial charge in [0.1, 0.15) is 0 Å². The van der Waals surface area contributed by atoms with Gasteiger partial charge in [0, 0.05) is 23.6 Å². The quantitative estimate of drug-likeness (QED) is 0.737. The minimum atomic E-state index is -0.303. The van der Waals surface area contributed by atoms with E-state index in [0.717, 1.165) is 0 Å². The van der Waals surface area contributed by atoms with E-state index in [1.165, 1.54) is 26.2 Å². The zero-order valence-electron chi connectivity index (χ0n) is 15.7. The molecule has 1 aromatic carbocycles. The molecule has 0 spiro atoms. The molecule has 0 fully saturated rings. The summed E-state index contributed by atoms with van der Waals surface area (Å²) in [5.74, 6) is 1.44. The first kappa shape index (κ1) is 19.9. The van der Waals surface area contributed by atoms with E-state index >= 15 is 0 Å². The molecule has 0 radical (unpaired) electrons. The van der Waals surface area contributed by atoms with Crippen LogP contribution in [-0.4, -0.2) is 52.9 Å². The van der Waals surface area contributed by atoms with Crippen LogP contribution in [0.5, 0.6) is 17.2 Å². The molecule has 0 saturated heterocycles. The fourth-order valence-electron chi connectivity index (χ4n) is 2.54. The molecule has 26 heavy (non-hydrogen) atoms. The zero-order valence-corrected chi connectivity index (χ0v) is 16.5. The maximum absolute atomic E-state index is 12.3. The minimum absolute atomic E-state index is 0.112. The van der Waals surface area contributed by atoms with E-state index in [1.54, 1.807) is 23.5 Å². The van der Waals surface area contributed by atoms with Crippen LogP contribution in [0.15, 0.2) is 29.6 Å². The largest absolute Gasteiger partial charge is 0.493 e. The molecule has 7 nitrogen and oxygen atoms in total. The number of nitrogens with zero attached hydrogens (tertiary/aromatic N) is 1. The Hall–Kier alpha value is -2.45. The van der Waals surface area contributed by atoms with E-state index < -0.39 is 0 Å². The third kappa shape index (κ3) is 4.80. The Kier molecular flexibility index (Phi) is 7.11. The number of carbonyl (C=O) groups is 1. The molecule has 1 unspecified atom stereocenters. The van der Waals surface area contributed by atoms with Crippen LogP contribution in [0.2, 0.25) is 0 Å². The highest BCUT2D eigenvalue weighted by molar-refractivity contribution is 7.10. The lowest BCUT2D eigenvalue weighted by Crippen LogP contribution is -2.36. The van der Waals surface area contributed by atoms with Crippen LogP contribution >= 0.6 is 11.3 Å². The lowest BCUT2D eigenvalue weighted by Gasteiger charge is -2.23. The summed E-state index contributed by atoms with van der Waals surface area (Å²) < 4.78 is 15.9. The number of urea groups is 1. The monoisotopic (exact) mass is 379 g/mol. The van der Waals surface area contributed by atoms with Crippen LogP contribution in [0.25, 0.3) is 0 Å². The Labute approximate surface area is 157 Å². The summed E-state index contributed by atoms with van der Waals surface area (Å²) in [5.41, 5.74) is 0.550. The molecule has 142 valence electrons. The first-order valence-corrected chi connectivity index (χ1v) is 8.92. The van der Waals surface area contributed by atoms with Crippen molar-refractivity contribution < 1.29 is 19.0 Å². The number of ether oxygens (including phenoxy) is 3. The van der Waals surface area contributed by atoms with Gasteiger partial charge < -0.3 is 29.7 Å². The molecule has 0 saturated carbocycles. The highest BCUT2D eigenvalue weighted by atomic mass is 32.1. The molecule has 1 aromatic heterocycles. The fraction of sp³-hybridized carbons (Fsp3) is 0.389. The number of methoxy groups -OCH3 is 3. The normalized spacial score (nSPS) is 11.8. The molecule has 0 aliphatic heterocycles. The van der Waals surface area contributed by atoms with Gasteiger partial charge in [-0.1, -0.05) is 6.07 Å². The summed E-state index contributed by atoms with van der Waals surface area (Å²) >= 11 is 1.67. The van der Waals surface area contributed by atoms with E-state index in [4.69, 9.17) is 14.2 Å². The van der Waals surface area contributed by atoms with Gasteiger partial charge in [-0.3, -0.25) is 0 Å². The summed E-state index contributed by atoms with van der Waals surface area (Å²) in [6.45, 7) is 0.490. The fourth-order valence-corrected chi connectivity index (χ4v) is 3.46. The smallest absolute Gasteiger partial charge is 0.319 e. The SMILES string of the molecule is COc1cc(NC(=O)NCC(c2cccs2)N(C)C)cc(OC)c1OC. The zero-order chi connectivity index (χ0) is 19.1. The standard InChI is InChI=1S/C18H25N3O4S/c1-21(2)13(16-7-6-8-26-16)11-19-18(22)20-12-9-14(23-3)17(25-5)15(10-12)24-4/h6-10,13H,11H2,1-5H3,(H2,19,20,22). The maximum atomic E-state index is 12.3. The number of thiophene rings is 1. The minimum Gasteiger partial charge on any atom is -0.493 e. The molecule has 2 N–H and O–H groups in total. The highest BCUT2D eigenvalue weighted by Crippen LogP contribution is 2.39. The Balaban J connectivity index is 2.05. The second kappa shape index (κ2) is 9.30. The number of hydrogen-bond acceptors (Lipinski definition) is 6. The van der Waals surface area contributed by atoms with Gasteiger partial charge in [0.15, 0.2) is 11.5 Å². The van der Waals surface area contributed by atoms with Gasteiger partial charge in [-0.15, -0.1) is 11.3 Å². The number of hydrogen-bond donors (Lipinski definition) is 2. The Morgan fingerprint density at radius 3 is 2.27 bits per heavy atom. The van der Waals surface area contributed by atoms with E-state index in [2.05, 4.69) is 21.6 Å². The van der Waals surface area contributed by atoms with Crippen LogP contribution in [0.4, 0.5) is 10.5 Å². The Bertz CT molecular complexity index is 694. The van der Waals surface area contributed by atoms with Gasteiger partial charge in [-0.05, 0) is 25.5 Å². The molecule has 8 heteroatoms. The van der Waals surface area contributed by atoms with Crippen LogP contribution < -0.4 is 24.8 Å². The van der Waals surface area contributed by atoms with Gasteiger partial charge in [0.25, 0.3) is 0 Å². The van der Waals surface area contributed by atoms with Gasteiger partial charge in [0.05, 0.1) is 33.1 Å². The number of likely N-dealkylation sites (N-methyl/N-ethyl adjacent to an activating group) is 1. The topological polar surface area (TPSA) is 72.1 Å². The van der Waals surface area contributed by atoms with Crippen molar-refractivity contribution in [1.82, 2.24) is 10.2 Å². The number of rotatable bonds is 8. The molecular weight excluding hydrogens is 354 g/mol. The van der Waals surface area contributed by atoms with Gasteiger partial charge in [-0.2, -0.15) is 0 Å². The van der Waals surface area contributed by atoms with Crippen molar-refractivity contribution in [2.45, 2.75) is 6.04 Å². The summed E-state index contributed by atoms with van der Waals surface area (Å²) in [6.07, 6.45) is 0. The highest BCUT2D eigenvalue weighted by Gasteiger charge is 2.17. The van der Waals surface area contributed by atoms with E-state index in [-0.39, 0.29) is 12.1 Å². The lowest BCUT2D eigenvalue weighted by molar-refractivity contribution is 0.244. The second-order valence-corrected chi connectivity index (χ2v) is 6.72. The third-order valence-electron chi connectivity index (χ3n) is 3.87. The van der Waals surface area contributed by atoms with Crippen LogP contribution in [0.1, 0.15) is 10.9 Å². The average Bonchev–Trinajstić information content (AvgIpc) is 3.14. The summed E-state index contributed by atoms with van der Waals surface area (Å²) in [6, 6.07) is 7.25. The van der Waals surface area contributed by atoms with Crippen molar-refractivity contribution in [2.24, 2.45) is 0 Å². The van der Waals surface area contributed by atoms with E-state index in [9.17, 15) is 4.79 Å². The Morgan fingerprint density at radius 1 is 1.15 bits per heavy atom. The molecule has 1 atom stereocenters. The maximum Gasteiger partial charge on any atom is 0.319 e. The molecule has 2 aromatic rings. The van der Waals surface area contributed by atoms with Crippen molar-refractivity contribution in [3.05, 3.63) is 34.5 Å². The van der Waals surface area contributed by atoms with Crippen LogP contribution in [0.3, 0.4) is 0 Å². The second-order valence-electron chi connectivity index (χ2n) is 5.74. The average molecular weight is 379 g/mol. The number of anilines is 1. The molecule has 0 aliphatic carbocycles. The van der Waals surface area contributed by atoms with E-state index in [0.29, 0.717) is 29.5 Å². The number of carbonyl (C=O) groups excluding carboxylic acids is 1. The Morgan fingerprint density at radius 2 is 1.81 bits per heavy atom. The van der Waals surface area contributed by atoms with Gasteiger partial charge in [-0.25, -0.2) is 4.79 Å². The lowest BCUT2D eigenvalue weighted by atomic mass is 10.2. The van der Waals surface area contributed by atoms with Crippen molar-refractivity contribution in [2.75, 3.05) is 47.3 Å². The number of benzene rings is 1. The molecule has 2 rings (SSSR count). The predicted molar refractivity (Wildman–Crippen MR) is 104 cm³/mol. The molecular formula is C18H25N3O4S. The molecule has 1 heterocycles. The third-order valence-corrected chi connectivity index (χ3v) is 4.85. The van der Waals surface area contributed by atoms with Crippen LogP contribution in [-0.2, 0) is 0 Å². The van der Waals surface area contributed by atoms with Gasteiger partial charge >= 0.3 is 6.03 Å². The molecule has 2 amide bonds. The first-order chi connectivity index (χ1) is 12.5. The van der Waals surface area contributed by atoms with Crippen molar-refractivity contribution in [3.63, 3.8) is 0 Å². The number of amides is 2. The summed E-state index contributed by atoms with van der Waals surface area (Å²) in [7, 11) is 8.58. The summed E-state index contributed by atoms with van der Waals surface area (Å²) in [5, 5.41) is 7.74. The predicted octanol–water partition coefficient (Wildman–Crippen LogP) is 3.20.